The predicted molar refractivity (Wildman–Crippen MR) is 40.9 cm³/mol. The van der Waals surface area contributed by atoms with Crippen LogP contribution in [0.25, 0.3) is 0 Å². The molecule has 1 unspecified atom stereocenters. The Morgan fingerprint density at radius 2 is 2.50 bits per heavy atom. The summed E-state index contributed by atoms with van der Waals surface area (Å²) in [5.41, 5.74) is 0. The number of aromatic carboxylic acids is 1. The van der Waals surface area contributed by atoms with Gasteiger partial charge < -0.3 is 14.8 Å². The molecule has 1 rings (SSSR count). The highest BCUT2D eigenvalue weighted by Crippen LogP contribution is 2.11. The van der Waals surface area contributed by atoms with Crippen molar-refractivity contribution in [2.45, 2.75) is 13.0 Å². The predicted octanol–water partition coefficient (Wildman–Crippen LogP) is 0.653. The molecule has 0 aliphatic heterocycles. The Bertz CT molecular complexity index is 282. The van der Waals surface area contributed by atoms with Gasteiger partial charge in [-0.15, -0.1) is 0 Å². The molecule has 0 amide bonds. The molecular weight excluding hydrogens is 160 g/mol. The number of aromatic nitrogens is 1. The van der Waals surface area contributed by atoms with Crippen molar-refractivity contribution in [2.75, 3.05) is 7.05 Å². The van der Waals surface area contributed by atoms with E-state index in [1.807, 2.05) is 6.92 Å². The highest BCUT2D eigenvalue weighted by molar-refractivity contribution is 5.83. The number of oxazole rings is 1. The highest BCUT2D eigenvalue weighted by atomic mass is 16.4. The van der Waals surface area contributed by atoms with Gasteiger partial charge in [0.05, 0.1) is 12.2 Å². The second kappa shape index (κ2) is 3.36. The summed E-state index contributed by atoms with van der Waals surface area (Å²) in [6, 6.07) is -0.0712. The average Bonchev–Trinajstić information content (AvgIpc) is 2.51. The molecule has 0 aliphatic rings. The molecular formula is C7H10N2O3. The molecule has 12 heavy (non-hydrogen) atoms. The van der Waals surface area contributed by atoms with Crippen LogP contribution in [0.5, 0.6) is 0 Å². The van der Waals surface area contributed by atoms with Crippen LogP contribution >= 0.6 is 0 Å². The normalized spacial score (nSPS) is 12.8. The van der Waals surface area contributed by atoms with Gasteiger partial charge in [-0.25, -0.2) is 9.78 Å². The molecule has 0 saturated carbocycles. The summed E-state index contributed by atoms with van der Waals surface area (Å²) >= 11 is 0. The van der Waals surface area contributed by atoms with Crippen molar-refractivity contribution in [1.82, 2.24) is 10.3 Å². The largest absolute Gasteiger partial charge is 0.475 e. The van der Waals surface area contributed by atoms with E-state index in [-0.39, 0.29) is 11.8 Å². The fourth-order valence-electron chi connectivity index (χ4n) is 0.710. The van der Waals surface area contributed by atoms with Crippen LogP contribution in [-0.4, -0.2) is 23.1 Å². The molecule has 1 heterocycles. The summed E-state index contributed by atoms with van der Waals surface area (Å²) in [6.07, 6.45) is 1.20. The van der Waals surface area contributed by atoms with Crippen LogP contribution in [0.3, 0.4) is 0 Å². The number of carboxylic acids is 1. The number of hydrogen-bond acceptors (Lipinski definition) is 4. The van der Waals surface area contributed by atoms with Crippen LogP contribution in [-0.2, 0) is 0 Å². The molecule has 0 aliphatic carbocycles. The highest BCUT2D eigenvalue weighted by Gasteiger charge is 2.13. The van der Waals surface area contributed by atoms with E-state index in [1.54, 1.807) is 7.05 Å². The second-order valence-corrected chi connectivity index (χ2v) is 2.38. The smallest absolute Gasteiger partial charge is 0.373 e. The first kappa shape index (κ1) is 8.73. The Kier molecular flexibility index (Phi) is 2.44. The van der Waals surface area contributed by atoms with E-state index < -0.39 is 5.97 Å². The Labute approximate surface area is 69.4 Å². The molecule has 0 bridgehead atoms. The average molecular weight is 170 g/mol. The van der Waals surface area contributed by atoms with E-state index in [1.165, 1.54) is 6.20 Å². The lowest BCUT2D eigenvalue weighted by Crippen LogP contribution is -2.12. The van der Waals surface area contributed by atoms with E-state index >= 15 is 0 Å². The Hall–Kier alpha value is -1.36. The molecule has 5 nitrogen and oxygen atoms in total. The van der Waals surface area contributed by atoms with Gasteiger partial charge in [0, 0.05) is 0 Å². The summed E-state index contributed by atoms with van der Waals surface area (Å²) in [4.78, 5) is 14.2. The van der Waals surface area contributed by atoms with Gasteiger partial charge in [0.25, 0.3) is 0 Å². The Morgan fingerprint density at radius 3 is 2.92 bits per heavy atom. The van der Waals surface area contributed by atoms with Gasteiger partial charge in [0.15, 0.2) is 0 Å². The first-order valence-electron chi connectivity index (χ1n) is 3.51. The van der Waals surface area contributed by atoms with Crippen LogP contribution < -0.4 is 5.32 Å². The lowest BCUT2D eigenvalue weighted by Gasteiger charge is -2.02. The fourth-order valence-corrected chi connectivity index (χ4v) is 0.710. The minimum absolute atomic E-state index is 0.0712. The summed E-state index contributed by atoms with van der Waals surface area (Å²) in [7, 11) is 1.75. The van der Waals surface area contributed by atoms with E-state index in [2.05, 4.69) is 10.3 Å². The molecule has 0 radical (unpaired) electrons. The Balaban J connectivity index is 2.84. The van der Waals surface area contributed by atoms with E-state index in [0.29, 0.717) is 5.89 Å². The van der Waals surface area contributed by atoms with Gasteiger partial charge in [-0.3, -0.25) is 0 Å². The number of hydrogen-bond donors (Lipinski definition) is 2. The lowest BCUT2D eigenvalue weighted by molar-refractivity contribution is 0.0659. The number of carboxylic acid groups (broad SMARTS) is 1. The maximum Gasteiger partial charge on any atom is 0.373 e. The van der Waals surface area contributed by atoms with Gasteiger partial charge in [-0.2, -0.15) is 0 Å². The van der Waals surface area contributed by atoms with E-state index in [9.17, 15) is 4.79 Å². The van der Waals surface area contributed by atoms with Crippen molar-refractivity contribution in [2.24, 2.45) is 0 Å². The number of rotatable bonds is 3. The van der Waals surface area contributed by atoms with E-state index in [4.69, 9.17) is 9.52 Å². The summed E-state index contributed by atoms with van der Waals surface area (Å²) in [5, 5.41) is 11.4. The molecule has 0 saturated heterocycles. The third-order valence-electron chi connectivity index (χ3n) is 1.54. The third-order valence-corrected chi connectivity index (χ3v) is 1.54. The summed E-state index contributed by atoms with van der Waals surface area (Å²) < 4.78 is 4.92. The number of carbonyl (C=O) groups is 1. The second-order valence-electron chi connectivity index (χ2n) is 2.38. The van der Waals surface area contributed by atoms with Crippen LogP contribution in [0.1, 0.15) is 29.4 Å². The van der Waals surface area contributed by atoms with Crippen molar-refractivity contribution < 1.29 is 14.3 Å². The zero-order valence-electron chi connectivity index (χ0n) is 6.87. The Morgan fingerprint density at radius 1 is 1.83 bits per heavy atom. The molecule has 0 spiro atoms. The summed E-state index contributed by atoms with van der Waals surface area (Å²) in [6.45, 7) is 1.83. The topological polar surface area (TPSA) is 75.4 Å². The van der Waals surface area contributed by atoms with Crippen molar-refractivity contribution in [3.63, 3.8) is 0 Å². The maximum absolute atomic E-state index is 10.4. The third kappa shape index (κ3) is 1.62. The van der Waals surface area contributed by atoms with Crippen LogP contribution in [0.2, 0.25) is 0 Å². The summed E-state index contributed by atoms with van der Waals surface area (Å²) in [5.74, 6) is -0.848. The molecule has 1 aromatic heterocycles. The molecule has 1 aromatic rings. The molecule has 0 fully saturated rings. The van der Waals surface area contributed by atoms with Crippen molar-refractivity contribution in [3.8, 4) is 0 Å². The molecule has 66 valence electrons. The van der Waals surface area contributed by atoms with Crippen molar-refractivity contribution in [1.29, 1.82) is 0 Å². The zero-order chi connectivity index (χ0) is 9.14. The first-order valence-corrected chi connectivity index (χ1v) is 3.51. The fraction of sp³-hybridized carbons (Fsp3) is 0.429. The SMILES string of the molecule is CNC(C)c1ncc(C(=O)O)o1. The van der Waals surface area contributed by atoms with Gasteiger partial charge in [0.2, 0.25) is 11.7 Å². The zero-order valence-corrected chi connectivity index (χ0v) is 6.87. The molecule has 5 heteroatoms. The van der Waals surface area contributed by atoms with Crippen LogP contribution in [0.15, 0.2) is 10.6 Å². The quantitative estimate of drug-likeness (QED) is 0.696. The van der Waals surface area contributed by atoms with E-state index in [0.717, 1.165) is 0 Å². The van der Waals surface area contributed by atoms with Gasteiger partial charge >= 0.3 is 5.97 Å². The number of nitrogens with zero attached hydrogens (tertiary/aromatic N) is 1. The molecule has 0 aromatic carbocycles. The maximum atomic E-state index is 10.4. The van der Waals surface area contributed by atoms with Crippen LogP contribution in [0, 0.1) is 0 Å². The van der Waals surface area contributed by atoms with Gasteiger partial charge in [0.1, 0.15) is 0 Å². The monoisotopic (exact) mass is 170 g/mol. The minimum atomic E-state index is -1.10. The minimum Gasteiger partial charge on any atom is -0.475 e. The van der Waals surface area contributed by atoms with Gasteiger partial charge in [-0.05, 0) is 14.0 Å². The van der Waals surface area contributed by atoms with Crippen molar-refractivity contribution in [3.05, 3.63) is 17.8 Å². The van der Waals surface area contributed by atoms with Crippen molar-refractivity contribution >= 4 is 5.97 Å². The standard InChI is InChI=1S/C7H10N2O3/c1-4(8-2)6-9-3-5(12-6)7(10)11/h3-4,8H,1-2H3,(H,10,11). The van der Waals surface area contributed by atoms with Crippen LogP contribution in [0.4, 0.5) is 0 Å². The first-order chi connectivity index (χ1) is 5.65. The number of nitrogens with one attached hydrogen (secondary N) is 1. The molecule has 1 atom stereocenters. The van der Waals surface area contributed by atoms with Gasteiger partial charge in [-0.1, -0.05) is 0 Å². The molecule has 2 N–H and O–H groups in total. The lowest BCUT2D eigenvalue weighted by atomic mass is 10.3.